The van der Waals surface area contributed by atoms with Crippen LogP contribution in [0.5, 0.6) is 0 Å². The Morgan fingerprint density at radius 3 is 2.89 bits per heavy atom. The maximum Gasteiger partial charge on any atom is 0.262 e. The first-order valence-corrected chi connectivity index (χ1v) is 8.37. The number of thiophene rings is 1. The second-order valence-corrected chi connectivity index (χ2v) is 7.47. The molecule has 1 saturated heterocycles. The van der Waals surface area contributed by atoms with Crippen molar-refractivity contribution in [2.45, 2.75) is 12.5 Å². The summed E-state index contributed by atoms with van der Waals surface area (Å²) in [5.74, 6) is -0.469. The SMILES string of the molecule is N#CC(=Cc1cccs1)C(=O)NC1CCS(=O)(=O)C1. The van der Waals surface area contributed by atoms with Crippen LogP contribution in [0.4, 0.5) is 0 Å². The topological polar surface area (TPSA) is 87.0 Å². The molecule has 0 radical (unpaired) electrons. The van der Waals surface area contributed by atoms with Crippen LogP contribution < -0.4 is 5.32 Å². The zero-order valence-corrected chi connectivity index (χ0v) is 11.6. The Labute approximate surface area is 115 Å². The van der Waals surface area contributed by atoms with Crippen molar-refractivity contribution in [3.63, 3.8) is 0 Å². The summed E-state index contributed by atoms with van der Waals surface area (Å²) in [4.78, 5) is 12.7. The second kappa shape index (κ2) is 5.55. The molecule has 1 N–H and O–H groups in total. The molecule has 1 unspecified atom stereocenters. The van der Waals surface area contributed by atoms with Crippen molar-refractivity contribution in [1.82, 2.24) is 5.32 Å². The highest BCUT2D eigenvalue weighted by atomic mass is 32.2. The quantitative estimate of drug-likeness (QED) is 0.665. The fourth-order valence-corrected chi connectivity index (χ4v) is 4.17. The van der Waals surface area contributed by atoms with Gasteiger partial charge in [-0.05, 0) is 23.9 Å². The van der Waals surface area contributed by atoms with Crippen LogP contribution in [-0.4, -0.2) is 31.9 Å². The molecule has 1 aromatic rings. The third-order valence-electron chi connectivity index (χ3n) is 2.76. The first-order chi connectivity index (χ1) is 9.00. The summed E-state index contributed by atoms with van der Waals surface area (Å²) in [7, 11) is -3.04. The van der Waals surface area contributed by atoms with Crippen LogP contribution in [0.2, 0.25) is 0 Å². The van der Waals surface area contributed by atoms with Gasteiger partial charge in [-0.15, -0.1) is 11.3 Å². The summed E-state index contributed by atoms with van der Waals surface area (Å²) in [6.45, 7) is 0. The van der Waals surface area contributed by atoms with Gasteiger partial charge in [-0.25, -0.2) is 8.42 Å². The van der Waals surface area contributed by atoms with Crippen LogP contribution >= 0.6 is 11.3 Å². The zero-order chi connectivity index (χ0) is 13.9. The predicted molar refractivity (Wildman–Crippen MR) is 73.1 cm³/mol. The minimum atomic E-state index is -3.04. The summed E-state index contributed by atoms with van der Waals surface area (Å²) in [5, 5.41) is 13.4. The summed E-state index contributed by atoms with van der Waals surface area (Å²) < 4.78 is 22.6. The summed E-state index contributed by atoms with van der Waals surface area (Å²) >= 11 is 1.42. The number of rotatable bonds is 3. The van der Waals surface area contributed by atoms with Crippen LogP contribution in [0.3, 0.4) is 0 Å². The number of hydrogen-bond acceptors (Lipinski definition) is 5. The third-order valence-corrected chi connectivity index (χ3v) is 5.35. The highest BCUT2D eigenvalue weighted by Crippen LogP contribution is 2.15. The number of carbonyl (C=O) groups is 1. The molecule has 1 aliphatic heterocycles. The number of sulfone groups is 1. The average molecular weight is 296 g/mol. The molecule has 7 heteroatoms. The first kappa shape index (κ1) is 13.8. The zero-order valence-electron chi connectivity index (χ0n) is 10.00. The number of carbonyl (C=O) groups excluding carboxylic acids is 1. The molecular weight excluding hydrogens is 284 g/mol. The molecule has 0 bridgehead atoms. The fraction of sp³-hybridized carbons (Fsp3) is 0.333. The van der Waals surface area contributed by atoms with E-state index in [4.69, 9.17) is 5.26 Å². The van der Waals surface area contributed by atoms with Crippen molar-refractivity contribution >= 4 is 33.2 Å². The van der Waals surface area contributed by atoms with Crippen LogP contribution in [0, 0.1) is 11.3 Å². The number of hydrogen-bond donors (Lipinski definition) is 1. The number of amides is 1. The largest absolute Gasteiger partial charge is 0.348 e. The molecule has 2 rings (SSSR count). The van der Waals surface area contributed by atoms with Crippen LogP contribution in [0.25, 0.3) is 6.08 Å². The van der Waals surface area contributed by atoms with Gasteiger partial charge in [-0.1, -0.05) is 6.07 Å². The Balaban J connectivity index is 2.05. The van der Waals surface area contributed by atoms with E-state index in [1.165, 1.54) is 17.4 Å². The molecule has 1 atom stereocenters. The molecular formula is C12H12N2O3S2. The van der Waals surface area contributed by atoms with E-state index in [1.54, 1.807) is 6.07 Å². The molecule has 1 fully saturated rings. The molecule has 100 valence electrons. The molecule has 1 aromatic heterocycles. The van der Waals surface area contributed by atoms with E-state index in [2.05, 4.69) is 5.32 Å². The van der Waals surface area contributed by atoms with Crippen molar-refractivity contribution in [1.29, 1.82) is 5.26 Å². The highest BCUT2D eigenvalue weighted by Gasteiger charge is 2.29. The van der Waals surface area contributed by atoms with Gasteiger partial charge < -0.3 is 5.32 Å². The average Bonchev–Trinajstić information content (AvgIpc) is 2.95. The first-order valence-electron chi connectivity index (χ1n) is 5.67. The van der Waals surface area contributed by atoms with Crippen molar-refractivity contribution in [3.05, 3.63) is 28.0 Å². The van der Waals surface area contributed by atoms with Gasteiger partial charge in [0.05, 0.1) is 11.5 Å². The van der Waals surface area contributed by atoms with Gasteiger partial charge >= 0.3 is 0 Å². The lowest BCUT2D eigenvalue weighted by molar-refractivity contribution is -0.117. The van der Waals surface area contributed by atoms with Gasteiger partial charge in [-0.3, -0.25) is 4.79 Å². The van der Waals surface area contributed by atoms with Gasteiger partial charge in [0.25, 0.3) is 5.91 Å². The number of nitrogens with zero attached hydrogens (tertiary/aromatic N) is 1. The van der Waals surface area contributed by atoms with Gasteiger partial charge in [-0.2, -0.15) is 5.26 Å². The summed E-state index contributed by atoms with van der Waals surface area (Å²) in [6.07, 6.45) is 1.91. The van der Waals surface area contributed by atoms with E-state index in [1.807, 2.05) is 17.5 Å². The number of nitriles is 1. The van der Waals surface area contributed by atoms with E-state index >= 15 is 0 Å². The van der Waals surface area contributed by atoms with Crippen LogP contribution in [0.1, 0.15) is 11.3 Å². The Morgan fingerprint density at radius 1 is 1.58 bits per heavy atom. The van der Waals surface area contributed by atoms with Gasteiger partial charge in [0.15, 0.2) is 9.84 Å². The third kappa shape index (κ3) is 3.66. The highest BCUT2D eigenvalue weighted by molar-refractivity contribution is 7.91. The lowest BCUT2D eigenvalue weighted by Crippen LogP contribution is -2.36. The van der Waals surface area contributed by atoms with E-state index < -0.39 is 21.8 Å². The minimum absolute atomic E-state index is 0.00764. The van der Waals surface area contributed by atoms with Gasteiger partial charge in [0.2, 0.25) is 0 Å². The molecule has 0 saturated carbocycles. The minimum Gasteiger partial charge on any atom is -0.348 e. The smallest absolute Gasteiger partial charge is 0.262 e. The Hall–Kier alpha value is -1.65. The van der Waals surface area contributed by atoms with E-state index in [-0.39, 0.29) is 17.1 Å². The normalized spacial score (nSPS) is 21.8. The van der Waals surface area contributed by atoms with E-state index in [0.717, 1.165) is 4.88 Å². The Kier molecular flexibility index (Phi) is 4.02. The Bertz CT molecular complexity index is 639. The maximum absolute atomic E-state index is 11.9. The molecule has 0 aromatic carbocycles. The van der Waals surface area contributed by atoms with Gasteiger partial charge in [0, 0.05) is 10.9 Å². The number of nitrogens with one attached hydrogen (secondary N) is 1. The standard InChI is InChI=1S/C12H12N2O3S2/c13-7-9(6-11-2-1-4-18-11)12(15)14-10-3-5-19(16,17)8-10/h1-2,4,6,10H,3,5,8H2,(H,14,15). The molecule has 1 aliphatic rings. The van der Waals surface area contributed by atoms with Crippen molar-refractivity contribution < 1.29 is 13.2 Å². The fourth-order valence-electron chi connectivity index (χ4n) is 1.84. The predicted octanol–water partition coefficient (Wildman–Crippen LogP) is 0.958. The summed E-state index contributed by atoms with van der Waals surface area (Å²) in [6, 6.07) is 5.08. The molecule has 0 spiro atoms. The monoisotopic (exact) mass is 296 g/mol. The summed E-state index contributed by atoms with van der Waals surface area (Å²) in [5.41, 5.74) is -0.00764. The maximum atomic E-state index is 11.9. The van der Waals surface area contributed by atoms with Crippen molar-refractivity contribution in [2.24, 2.45) is 0 Å². The molecule has 19 heavy (non-hydrogen) atoms. The molecule has 1 amide bonds. The van der Waals surface area contributed by atoms with Crippen LogP contribution in [-0.2, 0) is 14.6 Å². The molecule has 0 aliphatic carbocycles. The lowest BCUT2D eigenvalue weighted by Gasteiger charge is -2.09. The molecule has 5 nitrogen and oxygen atoms in total. The van der Waals surface area contributed by atoms with E-state index in [0.29, 0.717) is 6.42 Å². The second-order valence-electron chi connectivity index (χ2n) is 4.26. The molecule has 2 heterocycles. The van der Waals surface area contributed by atoms with Crippen LogP contribution in [0.15, 0.2) is 23.1 Å². The van der Waals surface area contributed by atoms with Crippen molar-refractivity contribution in [3.8, 4) is 6.07 Å². The van der Waals surface area contributed by atoms with Gasteiger partial charge in [0.1, 0.15) is 11.6 Å². The lowest BCUT2D eigenvalue weighted by atomic mass is 10.2. The Morgan fingerprint density at radius 2 is 2.37 bits per heavy atom. The van der Waals surface area contributed by atoms with E-state index in [9.17, 15) is 13.2 Å². The van der Waals surface area contributed by atoms with Crippen molar-refractivity contribution in [2.75, 3.05) is 11.5 Å².